The Kier molecular flexibility index (Phi) is 3.43. The Labute approximate surface area is 161 Å². The number of hydrogen-bond acceptors (Lipinski definition) is 4. The number of aromatic amines is 1. The van der Waals surface area contributed by atoms with Crippen molar-refractivity contribution in [2.45, 2.75) is 25.2 Å². The molecular formula is C21H18N4O3. The number of anilines is 1. The van der Waals surface area contributed by atoms with Crippen molar-refractivity contribution in [3.63, 3.8) is 0 Å². The molecule has 7 heteroatoms. The molecule has 140 valence electrons. The number of hydrogen-bond donors (Lipinski definition) is 2. The third kappa shape index (κ3) is 2.16. The molecule has 0 aliphatic heterocycles. The molecule has 2 N–H and O–H groups in total. The van der Waals surface area contributed by atoms with Gasteiger partial charge in [0, 0.05) is 11.8 Å². The van der Waals surface area contributed by atoms with E-state index in [1.54, 1.807) is 0 Å². The van der Waals surface area contributed by atoms with Crippen molar-refractivity contribution in [1.82, 2.24) is 9.97 Å². The first kappa shape index (κ1) is 16.7. The molecule has 0 fully saturated rings. The third-order valence-electron chi connectivity index (χ3n) is 6.18. The highest BCUT2D eigenvalue weighted by Gasteiger charge is 2.54. The zero-order valence-corrected chi connectivity index (χ0v) is 15.2. The molecule has 0 saturated heterocycles. The molecule has 0 saturated carbocycles. The summed E-state index contributed by atoms with van der Waals surface area (Å²) in [5, 5.41) is 13.9. The fraction of sp³-hybridized carbons (Fsp3) is 0.238. The molecule has 3 aromatic rings. The summed E-state index contributed by atoms with van der Waals surface area (Å²) in [6, 6.07) is 16.5. The summed E-state index contributed by atoms with van der Waals surface area (Å²) in [4.78, 5) is 30.4. The average molecular weight is 374 g/mol. The topological polar surface area (TPSA) is 101 Å². The van der Waals surface area contributed by atoms with Crippen LogP contribution in [0.25, 0.3) is 0 Å². The molecule has 0 radical (unpaired) electrons. The summed E-state index contributed by atoms with van der Waals surface area (Å²) in [5.74, 6) is -0.579. The zero-order valence-electron chi connectivity index (χ0n) is 15.2. The van der Waals surface area contributed by atoms with Gasteiger partial charge in [0.1, 0.15) is 0 Å². The number of nitrogens with zero attached hydrogens (tertiary/aromatic N) is 2. The highest BCUT2D eigenvalue weighted by atomic mass is 16.6. The number of nitro groups is 1. The Morgan fingerprint density at radius 3 is 2.29 bits per heavy atom. The lowest BCUT2D eigenvalue weighted by atomic mass is 9.52. The van der Waals surface area contributed by atoms with Crippen LogP contribution in [0.15, 0.2) is 54.9 Å². The fourth-order valence-electron chi connectivity index (χ4n) is 4.96. The molecule has 0 spiro atoms. The maximum atomic E-state index is 13.4. The average Bonchev–Trinajstić information content (AvgIpc) is 3.16. The zero-order chi connectivity index (χ0) is 19.5. The first-order valence-electron chi connectivity index (χ1n) is 9.17. The van der Waals surface area contributed by atoms with Crippen LogP contribution in [0.1, 0.15) is 47.4 Å². The molecule has 2 aromatic carbocycles. The van der Waals surface area contributed by atoms with Crippen molar-refractivity contribution in [3.05, 3.63) is 87.2 Å². The minimum Gasteiger partial charge on any atom is -0.358 e. The minimum atomic E-state index is -0.736. The number of aromatic nitrogens is 2. The molecule has 3 aliphatic carbocycles. The normalized spacial score (nSPS) is 24.3. The second-order valence-corrected chi connectivity index (χ2v) is 7.68. The molecule has 28 heavy (non-hydrogen) atoms. The smallest absolute Gasteiger partial charge is 0.358 e. The van der Waals surface area contributed by atoms with Crippen LogP contribution >= 0.6 is 0 Å². The highest BCUT2D eigenvalue weighted by Crippen LogP contribution is 2.61. The van der Waals surface area contributed by atoms with E-state index >= 15 is 0 Å². The number of carbonyl (C=O) groups excluding carboxylic acids is 1. The summed E-state index contributed by atoms with van der Waals surface area (Å²) < 4.78 is 0. The quantitative estimate of drug-likeness (QED) is 0.535. The van der Waals surface area contributed by atoms with Crippen LogP contribution < -0.4 is 5.32 Å². The fourth-order valence-corrected chi connectivity index (χ4v) is 4.96. The lowest BCUT2D eigenvalue weighted by Gasteiger charge is -2.50. The van der Waals surface area contributed by atoms with Gasteiger partial charge < -0.3 is 15.4 Å². The van der Waals surface area contributed by atoms with Crippen LogP contribution in [0.2, 0.25) is 0 Å². The van der Waals surface area contributed by atoms with Crippen molar-refractivity contribution in [1.29, 1.82) is 0 Å². The molecular weight excluding hydrogens is 356 g/mol. The van der Waals surface area contributed by atoms with Crippen molar-refractivity contribution in [2.75, 3.05) is 5.32 Å². The number of benzene rings is 2. The lowest BCUT2D eigenvalue weighted by molar-refractivity contribution is -0.388. The summed E-state index contributed by atoms with van der Waals surface area (Å²) >= 11 is 0. The number of rotatable bonds is 3. The number of imidazole rings is 1. The minimum absolute atomic E-state index is 0.0424. The van der Waals surface area contributed by atoms with Gasteiger partial charge in [0.25, 0.3) is 0 Å². The molecule has 3 aliphatic rings. The van der Waals surface area contributed by atoms with Crippen molar-refractivity contribution >= 4 is 17.5 Å². The van der Waals surface area contributed by atoms with E-state index in [1.807, 2.05) is 31.2 Å². The van der Waals surface area contributed by atoms with E-state index in [0.717, 1.165) is 11.1 Å². The predicted octanol–water partition coefficient (Wildman–Crippen LogP) is 3.94. The van der Waals surface area contributed by atoms with Gasteiger partial charge in [-0.3, -0.25) is 4.79 Å². The first-order valence-corrected chi connectivity index (χ1v) is 9.17. The molecule has 7 nitrogen and oxygen atoms in total. The molecule has 6 rings (SSSR count). The van der Waals surface area contributed by atoms with Crippen molar-refractivity contribution < 1.29 is 9.72 Å². The maximum Gasteiger partial charge on any atom is 0.365 e. The molecule has 1 heterocycles. The Bertz CT molecular complexity index is 1070. The number of H-pyrrole nitrogens is 1. The van der Waals surface area contributed by atoms with Gasteiger partial charge in [0.05, 0.1) is 5.41 Å². The SMILES string of the molecule is CC1(C(=O)Nc2nc[nH]c2[N+](=O)[O-])CC2c3ccccc3C1c1ccccc12. The number of amides is 1. The number of nitrogens with one attached hydrogen (secondary N) is 2. The number of carbonyl (C=O) groups is 1. The van der Waals surface area contributed by atoms with E-state index in [2.05, 4.69) is 39.6 Å². The second-order valence-electron chi connectivity index (χ2n) is 7.68. The van der Waals surface area contributed by atoms with Gasteiger partial charge in [-0.1, -0.05) is 48.5 Å². The lowest BCUT2D eigenvalue weighted by Crippen LogP contribution is -2.47. The summed E-state index contributed by atoms with van der Waals surface area (Å²) in [6.07, 6.45) is 1.86. The van der Waals surface area contributed by atoms with Gasteiger partial charge in [0.15, 0.2) is 6.33 Å². The monoisotopic (exact) mass is 374 g/mol. The van der Waals surface area contributed by atoms with Crippen molar-refractivity contribution in [2.24, 2.45) is 5.41 Å². The Hall–Kier alpha value is -3.48. The van der Waals surface area contributed by atoms with Gasteiger partial charge in [-0.25, -0.2) is 4.98 Å². The van der Waals surface area contributed by atoms with Crippen LogP contribution in [0.5, 0.6) is 0 Å². The molecule has 1 atom stereocenters. The van der Waals surface area contributed by atoms with E-state index in [0.29, 0.717) is 6.42 Å². The van der Waals surface area contributed by atoms with E-state index in [1.165, 1.54) is 17.5 Å². The van der Waals surface area contributed by atoms with Gasteiger partial charge in [-0.15, -0.1) is 0 Å². The molecule has 1 unspecified atom stereocenters. The van der Waals surface area contributed by atoms with Crippen molar-refractivity contribution in [3.8, 4) is 0 Å². The molecule has 1 aromatic heterocycles. The molecule has 2 bridgehead atoms. The van der Waals surface area contributed by atoms with Crippen LogP contribution in [0.4, 0.5) is 11.6 Å². The first-order chi connectivity index (χ1) is 13.5. The van der Waals surface area contributed by atoms with Gasteiger partial charge in [0.2, 0.25) is 11.7 Å². The Morgan fingerprint density at radius 2 is 1.71 bits per heavy atom. The standard InChI is InChI=1S/C21H18N4O3/c1-21(20(26)24-18-19(25(27)28)23-11-22-18)10-16-12-6-2-4-8-14(12)17(21)15-9-5-3-7-13(15)16/h2-9,11,16-17H,10H2,1H3,(H,22,23)(H,24,26). The van der Waals surface area contributed by atoms with E-state index < -0.39 is 10.3 Å². The van der Waals surface area contributed by atoms with Crippen LogP contribution in [0.3, 0.4) is 0 Å². The van der Waals surface area contributed by atoms with E-state index in [4.69, 9.17) is 0 Å². The van der Waals surface area contributed by atoms with Gasteiger partial charge >= 0.3 is 5.82 Å². The predicted molar refractivity (Wildman–Crippen MR) is 103 cm³/mol. The van der Waals surface area contributed by atoms with Crippen LogP contribution in [0, 0.1) is 15.5 Å². The third-order valence-corrected chi connectivity index (χ3v) is 6.18. The Balaban J connectivity index is 1.60. The van der Waals surface area contributed by atoms with Crippen LogP contribution in [-0.4, -0.2) is 20.8 Å². The van der Waals surface area contributed by atoms with E-state index in [9.17, 15) is 14.9 Å². The van der Waals surface area contributed by atoms with E-state index in [-0.39, 0.29) is 29.4 Å². The largest absolute Gasteiger partial charge is 0.365 e. The Morgan fingerprint density at radius 1 is 1.14 bits per heavy atom. The second kappa shape index (κ2) is 5.76. The van der Waals surface area contributed by atoms with Gasteiger partial charge in [-0.2, -0.15) is 4.98 Å². The molecule has 1 amide bonds. The summed E-state index contributed by atoms with van der Waals surface area (Å²) in [7, 11) is 0. The highest BCUT2D eigenvalue weighted by molar-refractivity contribution is 5.97. The summed E-state index contributed by atoms with van der Waals surface area (Å²) in [5.41, 5.74) is 4.11. The van der Waals surface area contributed by atoms with Gasteiger partial charge in [-0.05, 0) is 40.5 Å². The summed E-state index contributed by atoms with van der Waals surface area (Å²) in [6.45, 7) is 1.95. The number of fused-ring (bicyclic) bond motifs is 1. The maximum absolute atomic E-state index is 13.4. The van der Waals surface area contributed by atoms with Crippen LogP contribution in [-0.2, 0) is 4.79 Å².